The number of halogens is 3. The molecule has 1 N–H and O–H groups in total. The van der Waals surface area contributed by atoms with E-state index in [2.05, 4.69) is 15.6 Å². The first kappa shape index (κ1) is 17.5. The zero-order valence-electron chi connectivity index (χ0n) is 13.0. The van der Waals surface area contributed by atoms with Gasteiger partial charge in [0.2, 0.25) is 0 Å². The molecule has 6 nitrogen and oxygen atoms in total. The SMILES string of the molecule is COc1ccc(/C(C)=N/NC(=O)Cn2ccc(C(F)(F)F)n2)cc1. The third-order valence-corrected chi connectivity index (χ3v) is 3.09. The van der Waals surface area contributed by atoms with Crippen LogP contribution in [0.3, 0.4) is 0 Å². The number of methoxy groups -OCH3 is 1. The lowest BCUT2D eigenvalue weighted by molar-refractivity contribution is -0.141. The van der Waals surface area contributed by atoms with Crippen LogP contribution in [0.1, 0.15) is 18.2 Å². The van der Waals surface area contributed by atoms with Crippen LogP contribution < -0.4 is 10.2 Å². The second-order valence-electron chi connectivity index (χ2n) is 4.86. The number of alkyl halides is 3. The van der Waals surface area contributed by atoms with E-state index in [1.165, 1.54) is 0 Å². The second-order valence-corrected chi connectivity index (χ2v) is 4.86. The van der Waals surface area contributed by atoms with Crippen LogP contribution in [-0.4, -0.2) is 28.5 Å². The summed E-state index contributed by atoms with van der Waals surface area (Å²) in [6.45, 7) is 1.33. The van der Waals surface area contributed by atoms with Gasteiger partial charge in [-0.1, -0.05) is 0 Å². The normalized spacial score (nSPS) is 12.1. The van der Waals surface area contributed by atoms with Gasteiger partial charge in [-0.25, -0.2) is 5.43 Å². The zero-order valence-corrected chi connectivity index (χ0v) is 13.0. The van der Waals surface area contributed by atoms with Crippen molar-refractivity contribution in [2.45, 2.75) is 19.6 Å². The molecule has 1 aromatic heterocycles. The van der Waals surface area contributed by atoms with E-state index < -0.39 is 17.8 Å². The molecule has 0 aliphatic carbocycles. The molecule has 0 aliphatic rings. The van der Waals surface area contributed by atoms with Crippen LogP contribution in [0.5, 0.6) is 5.75 Å². The Hall–Kier alpha value is -2.84. The summed E-state index contributed by atoms with van der Waals surface area (Å²) in [4.78, 5) is 11.7. The van der Waals surface area contributed by atoms with E-state index in [1.54, 1.807) is 38.3 Å². The second kappa shape index (κ2) is 7.16. The Morgan fingerprint density at radius 3 is 2.50 bits per heavy atom. The maximum Gasteiger partial charge on any atom is 0.435 e. The first-order chi connectivity index (χ1) is 11.3. The topological polar surface area (TPSA) is 68.5 Å². The maximum atomic E-state index is 12.4. The van der Waals surface area contributed by atoms with Gasteiger partial charge in [0.1, 0.15) is 12.3 Å². The number of hydrogen-bond donors (Lipinski definition) is 1. The number of hydrogen-bond acceptors (Lipinski definition) is 4. The Morgan fingerprint density at radius 2 is 1.96 bits per heavy atom. The number of hydrazone groups is 1. The monoisotopic (exact) mass is 340 g/mol. The van der Waals surface area contributed by atoms with Crippen molar-refractivity contribution in [3.8, 4) is 5.75 Å². The molecule has 1 amide bonds. The average molecular weight is 340 g/mol. The predicted molar refractivity (Wildman–Crippen MR) is 80.6 cm³/mol. The zero-order chi connectivity index (χ0) is 17.7. The van der Waals surface area contributed by atoms with Gasteiger partial charge in [0.15, 0.2) is 5.69 Å². The van der Waals surface area contributed by atoms with Crippen molar-refractivity contribution in [1.82, 2.24) is 15.2 Å². The van der Waals surface area contributed by atoms with Gasteiger partial charge in [-0.05, 0) is 42.8 Å². The van der Waals surface area contributed by atoms with Crippen molar-refractivity contribution in [3.05, 3.63) is 47.8 Å². The number of nitrogens with zero attached hydrogens (tertiary/aromatic N) is 3. The largest absolute Gasteiger partial charge is 0.497 e. The lowest BCUT2D eigenvalue weighted by Crippen LogP contribution is -2.24. The van der Waals surface area contributed by atoms with Gasteiger partial charge in [-0.15, -0.1) is 0 Å². The number of ether oxygens (including phenoxy) is 1. The van der Waals surface area contributed by atoms with Crippen molar-refractivity contribution in [1.29, 1.82) is 0 Å². The molecule has 0 aliphatic heterocycles. The minimum Gasteiger partial charge on any atom is -0.497 e. The highest BCUT2D eigenvalue weighted by Gasteiger charge is 2.33. The number of benzene rings is 1. The van der Waals surface area contributed by atoms with E-state index in [0.717, 1.165) is 22.5 Å². The van der Waals surface area contributed by atoms with Crippen LogP contribution in [0.4, 0.5) is 13.2 Å². The number of nitrogens with one attached hydrogen (secondary N) is 1. The quantitative estimate of drug-likeness (QED) is 0.671. The average Bonchev–Trinajstić information content (AvgIpc) is 3.01. The van der Waals surface area contributed by atoms with E-state index in [1.807, 2.05) is 0 Å². The first-order valence-corrected chi connectivity index (χ1v) is 6.88. The molecule has 24 heavy (non-hydrogen) atoms. The Morgan fingerprint density at radius 1 is 1.29 bits per heavy atom. The summed E-state index contributed by atoms with van der Waals surface area (Å²) in [5.41, 5.74) is 2.55. The van der Waals surface area contributed by atoms with Crippen molar-refractivity contribution in [3.63, 3.8) is 0 Å². The van der Waals surface area contributed by atoms with E-state index in [0.29, 0.717) is 11.5 Å². The first-order valence-electron chi connectivity index (χ1n) is 6.88. The van der Waals surface area contributed by atoms with Gasteiger partial charge in [-0.3, -0.25) is 9.48 Å². The van der Waals surface area contributed by atoms with Gasteiger partial charge in [0, 0.05) is 6.20 Å². The summed E-state index contributed by atoms with van der Waals surface area (Å²) >= 11 is 0. The Bertz CT molecular complexity index is 736. The van der Waals surface area contributed by atoms with Crippen LogP contribution in [0.15, 0.2) is 41.6 Å². The summed E-state index contributed by atoms with van der Waals surface area (Å²) in [6.07, 6.45) is -3.45. The minimum atomic E-state index is -4.54. The maximum absolute atomic E-state index is 12.4. The standard InChI is InChI=1S/C15H15F3N4O2/c1-10(11-3-5-12(24-2)6-4-11)19-20-14(23)9-22-8-7-13(21-22)15(16,17)18/h3-8H,9H2,1-2H3,(H,20,23)/b19-10+. The molecule has 0 spiro atoms. The molecule has 1 aromatic carbocycles. The lowest BCUT2D eigenvalue weighted by atomic mass is 10.1. The molecule has 0 saturated heterocycles. The molecule has 0 atom stereocenters. The highest BCUT2D eigenvalue weighted by atomic mass is 19.4. The number of amides is 1. The lowest BCUT2D eigenvalue weighted by Gasteiger charge is -2.05. The molecule has 0 fully saturated rings. The fourth-order valence-corrected chi connectivity index (χ4v) is 1.83. The third kappa shape index (κ3) is 4.58. The molecule has 128 valence electrons. The van der Waals surface area contributed by atoms with E-state index >= 15 is 0 Å². The fraction of sp³-hybridized carbons (Fsp3) is 0.267. The van der Waals surface area contributed by atoms with Crippen molar-refractivity contribution >= 4 is 11.6 Å². The molecule has 1 heterocycles. The van der Waals surface area contributed by atoms with Gasteiger partial charge in [-0.2, -0.15) is 23.4 Å². The van der Waals surface area contributed by atoms with Crippen molar-refractivity contribution in [2.75, 3.05) is 7.11 Å². The molecule has 0 unspecified atom stereocenters. The summed E-state index contributed by atoms with van der Waals surface area (Å²) in [5.74, 6) is 0.106. The number of aromatic nitrogens is 2. The predicted octanol–water partition coefficient (Wildman–Crippen LogP) is 2.45. The van der Waals surface area contributed by atoms with E-state index in [9.17, 15) is 18.0 Å². The minimum absolute atomic E-state index is 0.366. The van der Waals surface area contributed by atoms with Crippen LogP contribution in [0.25, 0.3) is 0 Å². The van der Waals surface area contributed by atoms with Gasteiger partial charge >= 0.3 is 6.18 Å². The van der Waals surface area contributed by atoms with Crippen LogP contribution in [0, 0.1) is 0 Å². The highest BCUT2D eigenvalue weighted by molar-refractivity contribution is 5.99. The Labute approximate surface area is 135 Å². The molecule has 0 saturated carbocycles. The van der Waals surface area contributed by atoms with Gasteiger partial charge in [0.05, 0.1) is 12.8 Å². The number of carbonyl (C=O) groups excluding carboxylic acids is 1. The van der Waals surface area contributed by atoms with E-state index in [4.69, 9.17) is 4.74 Å². The van der Waals surface area contributed by atoms with Crippen molar-refractivity contribution in [2.24, 2.45) is 5.10 Å². The number of carbonyl (C=O) groups is 1. The molecule has 0 bridgehead atoms. The van der Waals surface area contributed by atoms with Crippen LogP contribution in [0.2, 0.25) is 0 Å². The Balaban J connectivity index is 1.95. The fourth-order valence-electron chi connectivity index (χ4n) is 1.83. The van der Waals surface area contributed by atoms with Crippen molar-refractivity contribution < 1.29 is 22.7 Å². The molecule has 0 radical (unpaired) electrons. The summed E-state index contributed by atoms with van der Waals surface area (Å²) in [6, 6.07) is 7.84. The Kier molecular flexibility index (Phi) is 5.22. The summed E-state index contributed by atoms with van der Waals surface area (Å²) in [7, 11) is 1.55. The molecular weight excluding hydrogens is 325 g/mol. The smallest absolute Gasteiger partial charge is 0.435 e. The van der Waals surface area contributed by atoms with Gasteiger partial charge < -0.3 is 4.74 Å². The summed E-state index contributed by atoms with van der Waals surface area (Å²) < 4.78 is 43.2. The van der Waals surface area contributed by atoms with E-state index in [-0.39, 0.29) is 6.54 Å². The highest BCUT2D eigenvalue weighted by Crippen LogP contribution is 2.27. The van der Waals surface area contributed by atoms with Crippen LogP contribution in [-0.2, 0) is 17.5 Å². The van der Waals surface area contributed by atoms with Crippen LogP contribution >= 0.6 is 0 Å². The molecule has 2 aromatic rings. The molecular formula is C15H15F3N4O2. The number of rotatable bonds is 5. The van der Waals surface area contributed by atoms with Gasteiger partial charge in [0.25, 0.3) is 5.91 Å². The third-order valence-electron chi connectivity index (χ3n) is 3.09. The molecule has 2 rings (SSSR count). The summed E-state index contributed by atoms with van der Waals surface area (Å²) in [5, 5.41) is 7.21. The molecule has 9 heteroatoms.